The van der Waals surface area contributed by atoms with E-state index in [1.165, 1.54) is 12.1 Å². The van der Waals surface area contributed by atoms with Crippen molar-refractivity contribution < 1.29 is 27.6 Å². The molecule has 12 heteroatoms. The largest absolute Gasteiger partial charge is 0.366 e. The molecular formula is C26H25ClF3N5O3. The van der Waals surface area contributed by atoms with Crippen LogP contribution in [0.3, 0.4) is 0 Å². The smallest absolute Gasteiger partial charge is 0.328 e. The molecule has 1 aromatic carbocycles. The van der Waals surface area contributed by atoms with Gasteiger partial charge in [-0.1, -0.05) is 17.7 Å². The molecule has 0 radical (unpaired) electrons. The summed E-state index contributed by atoms with van der Waals surface area (Å²) in [6, 6.07) is 7.59. The topological polar surface area (TPSA) is 106 Å². The second kappa shape index (κ2) is 9.58. The molecule has 2 aliphatic rings. The van der Waals surface area contributed by atoms with Gasteiger partial charge in [0.1, 0.15) is 23.4 Å². The SMILES string of the molecule is CN(C(=O)C(F)(F)c1ccccn1)[C@H](CC(C)(C)F)C(=O)N1C[C@]2(C[C@H]1C#N)C(=O)Nc1ccc(Cl)cc12. The molecule has 1 spiro atoms. The molecule has 38 heavy (non-hydrogen) atoms. The van der Waals surface area contributed by atoms with Crippen LogP contribution in [-0.2, 0) is 25.7 Å². The lowest BCUT2D eigenvalue weighted by atomic mass is 9.80. The summed E-state index contributed by atoms with van der Waals surface area (Å²) in [5.41, 5.74) is -3.20. The minimum Gasteiger partial charge on any atom is -0.328 e. The number of likely N-dealkylation sites (tertiary alicyclic amines) is 1. The third-order valence-electron chi connectivity index (χ3n) is 6.98. The molecule has 0 bridgehead atoms. The summed E-state index contributed by atoms with van der Waals surface area (Å²) in [5.74, 6) is -7.22. The number of nitrogens with zero attached hydrogens (tertiary/aromatic N) is 4. The second-order valence-electron chi connectivity index (χ2n) is 10.2. The van der Waals surface area contributed by atoms with Gasteiger partial charge in [-0.15, -0.1) is 0 Å². The summed E-state index contributed by atoms with van der Waals surface area (Å²) >= 11 is 6.15. The van der Waals surface area contributed by atoms with Crippen molar-refractivity contribution in [1.29, 1.82) is 5.26 Å². The van der Waals surface area contributed by atoms with Crippen molar-refractivity contribution >= 4 is 35.0 Å². The van der Waals surface area contributed by atoms with Crippen molar-refractivity contribution in [3.05, 3.63) is 58.9 Å². The zero-order valence-electron chi connectivity index (χ0n) is 20.8. The van der Waals surface area contributed by atoms with Crippen molar-refractivity contribution in [3.8, 4) is 6.07 Å². The maximum absolute atomic E-state index is 15.1. The van der Waals surface area contributed by atoms with Gasteiger partial charge in [0.2, 0.25) is 11.8 Å². The highest BCUT2D eigenvalue weighted by Gasteiger charge is 2.57. The Balaban J connectivity index is 1.70. The molecule has 4 rings (SSSR count). The number of fused-ring (bicyclic) bond motifs is 2. The predicted octanol–water partition coefficient (Wildman–Crippen LogP) is 3.81. The molecule has 0 saturated carbocycles. The van der Waals surface area contributed by atoms with Crippen molar-refractivity contribution in [1.82, 2.24) is 14.8 Å². The van der Waals surface area contributed by atoms with Gasteiger partial charge in [-0.05, 0) is 49.7 Å². The molecule has 1 N–H and O–H groups in total. The van der Waals surface area contributed by atoms with Gasteiger partial charge in [-0.2, -0.15) is 14.0 Å². The maximum Gasteiger partial charge on any atom is 0.366 e. The van der Waals surface area contributed by atoms with E-state index in [9.17, 15) is 24.0 Å². The van der Waals surface area contributed by atoms with E-state index >= 15 is 8.78 Å². The van der Waals surface area contributed by atoms with E-state index in [-0.39, 0.29) is 13.0 Å². The highest BCUT2D eigenvalue weighted by atomic mass is 35.5. The van der Waals surface area contributed by atoms with Gasteiger partial charge in [0, 0.05) is 43.3 Å². The van der Waals surface area contributed by atoms with Gasteiger partial charge in [-0.25, -0.2) is 4.39 Å². The van der Waals surface area contributed by atoms with E-state index in [2.05, 4.69) is 10.3 Å². The first-order valence-corrected chi connectivity index (χ1v) is 12.2. The maximum atomic E-state index is 15.1. The number of hydrogen-bond acceptors (Lipinski definition) is 5. The fourth-order valence-electron chi connectivity index (χ4n) is 5.06. The number of carbonyl (C=O) groups is 3. The third kappa shape index (κ3) is 4.69. The van der Waals surface area contributed by atoms with Gasteiger partial charge in [-0.3, -0.25) is 19.4 Å². The summed E-state index contributed by atoms with van der Waals surface area (Å²) in [4.78, 5) is 45.0. The van der Waals surface area contributed by atoms with Gasteiger partial charge < -0.3 is 15.1 Å². The molecular weight excluding hydrogens is 523 g/mol. The standard InChI is InChI=1S/C26H25ClF3N5O3/c1-24(2,28)12-19(34(3)23(38)26(29,30)20-6-4-5-9-32-20)21(36)35-14-25(11-16(35)13-31)17-10-15(27)7-8-18(17)33-22(25)37/h4-10,16,19H,11-12,14H2,1-3H3,(H,33,37)/t16-,19+,25-/m0/s1. The first kappa shape index (κ1) is 27.4. The molecule has 1 saturated heterocycles. The summed E-state index contributed by atoms with van der Waals surface area (Å²) in [5, 5.41) is 13.0. The van der Waals surface area contributed by atoms with E-state index in [1.807, 2.05) is 6.07 Å². The van der Waals surface area contributed by atoms with Crippen LogP contribution < -0.4 is 5.32 Å². The van der Waals surface area contributed by atoms with Crippen LogP contribution in [-0.4, -0.2) is 63.9 Å². The molecule has 1 aromatic heterocycles. The monoisotopic (exact) mass is 547 g/mol. The summed E-state index contributed by atoms with van der Waals surface area (Å²) < 4.78 is 45.0. The number of halogens is 4. The Bertz CT molecular complexity index is 1330. The number of carbonyl (C=O) groups excluding carboxylic acids is 3. The Morgan fingerprint density at radius 3 is 2.63 bits per heavy atom. The Morgan fingerprint density at radius 2 is 2.03 bits per heavy atom. The molecule has 8 nitrogen and oxygen atoms in total. The van der Waals surface area contributed by atoms with Crippen LogP contribution in [0.25, 0.3) is 0 Å². The molecule has 200 valence electrons. The van der Waals surface area contributed by atoms with Crippen molar-refractivity contribution in [2.24, 2.45) is 0 Å². The Kier molecular flexibility index (Phi) is 6.91. The first-order chi connectivity index (χ1) is 17.7. The normalized spacial score (nSPS) is 21.6. The van der Waals surface area contributed by atoms with Gasteiger partial charge in [0.15, 0.2) is 0 Å². The van der Waals surface area contributed by atoms with Crippen molar-refractivity contribution in [3.63, 3.8) is 0 Å². The molecule has 3 heterocycles. The fraction of sp³-hybridized carbons (Fsp3) is 0.423. The average Bonchev–Trinajstić information content (AvgIpc) is 3.39. The molecule has 3 atom stereocenters. The van der Waals surface area contributed by atoms with E-state index in [0.717, 1.165) is 38.1 Å². The first-order valence-electron chi connectivity index (χ1n) is 11.8. The minimum absolute atomic E-state index is 0.0814. The molecule has 0 unspecified atom stereocenters. The number of nitriles is 1. The Morgan fingerprint density at radius 1 is 1.32 bits per heavy atom. The number of anilines is 1. The number of pyridine rings is 1. The number of hydrogen-bond donors (Lipinski definition) is 1. The van der Waals surface area contributed by atoms with E-state index in [4.69, 9.17) is 11.6 Å². The highest BCUT2D eigenvalue weighted by Crippen LogP contribution is 2.47. The van der Waals surface area contributed by atoms with Crippen molar-refractivity contribution in [2.45, 2.75) is 55.8 Å². The molecule has 2 aliphatic heterocycles. The summed E-state index contributed by atoms with van der Waals surface area (Å²) in [7, 11) is 0.984. The van der Waals surface area contributed by atoms with Crippen LogP contribution in [0, 0.1) is 11.3 Å². The summed E-state index contributed by atoms with van der Waals surface area (Å²) in [6.07, 6.45) is 0.395. The predicted molar refractivity (Wildman–Crippen MR) is 132 cm³/mol. The van der Waals surface area contributed by atoms with Crippen LogP contribution in [0.1, 0.15) is 37.9 Å². The minimum atomic E-state index is -4.10. The van der Waals surface area contributed by atoms with Crippen LogP contribution in [0.5, 0.6) is 0 Å². The van der Waals surface area contributed by atoms with Crippen LogP contribution >= 0.6 is 11.6 Å². The molecule has 2 aromatic rings. The number of amides is 3. The number of alkyl halides is 3. The number of nitrogens with one attached hydrogen (secondary N) is 1. The van der Waals surface area contributed by atoms with E-state index in [0.29, 0.717) is 21.2 Å². The fourth-order valence-corrected chi connectivity index (χ4v) is 5.23. The summed E-state index contributed by atoms with van der Waals surface area (Å²) in [6.45, 7) is 2.03. The number of aromatic nitrogens is 1. The molecule has 3 amide bonds. The molecule has 0 aliphatic carbocycles. The van der Waals surface area contributed by atoms with Crippen molar-refractivity contribution in [2.75, 3.05) is 18.9 Å². The van der Waals surface area contributed by atoms with Crippen LogP contribution in [0.4, 0.5) is 18.9 Å². The Labute approximate surface area is 222 Å². The van der Waals surface area contributed by atoms with Gasteiger partial charge in [0.05, 0.1) is 11.5 Å². The van der Waals surface area contributed by atoms with E-state index < -0.39 is 58.9 Å². The third-order valence-corrected chi connectivity index (χ3v) is 7.21. The number of rotatable bonds is 6. The Hall–Kier alpha value is -3.65. The van der Waals surface area contributed by atoms with Gasteiger partial charge >= 0.3 is 5.92 Å². The second-order valence-corrected chi connectivity index (χ2v) is 10.6. The van der Waals surface area contributed by atoms with Gasteiger partial charge in [0.25, 0.3) is 5.91 Å². The average molecular weight is 548 g/mol. The lowest BCUT2D eigenvalue weighted by molar-refractivity contribution is -0.165. The zero-order chi connectivity index (χ0) is 28.0. The quantitative estimate of drug-likeness (QED) is 0.592. The lowest BCUT2D eigenvalue weighted by Crippen LogP contribution is -2.55. The zero-order valence-corrected chi connectivity index (χ0v) is 21.6. The highest BCUT2D eigenvalue weighted by molar-refractivity contribution is 6.31. The number of likely N-dealkylation sites (N-methyl/N-ethyl adjacent to an activating group) is 1. The number of benzene rings is 1. The van der Waals surface area contributed by atoms with Crippen LogP contribution in [0.2, 0.25) is 5.02 Å². The lowest BCUT2D eigenvalue weighted by Gasteiger charge is -2.35. The van der Waals surface area contributed by atoms with Crippen LogP contribution in [0.15, 0.2) is 42.6 Å². The molecule has 1 fully saturated rings. The van der Waals surface area contributed by atoms with E-state index in [1.54, 1.807) is 18.2 Å².